The topological polar surface area (TPSA) is 84.2 Å². The Morgan fingerprint density at radius 3 is 2.62 bits per heavy atom. The zero-order valence-corrected chi connectivity index (χ0v) is 9.69. The fourth-order valence-corrected chi connectivity index (χ4v) is 1.59. The Labute approximate surface area is 95.5 Å². The molecular weight excluding hydrogens is 206 g/mol. The molecule has 0 aromatic carbocycles. The largest absolute Gasteiger partial charge is 0.352 e. The number of hydrogen-bond donors (Lipinski definition) is 3. The van der Waals surface area contributed by atoms with Gasteiger partial charge in [-0.25, -0.2) is 0 Å². The van der Waals surface area contributed by atoms with Crippen LogP contribution in [0.5, 0.6) is 0 Å². The number of carbonyl (C=O) groups is 2. The van der Waals surface area contributed by atoms with Crippen LogP contribution in [0.1, 0.15) is 20.3 Å². The summed E-state index contributed by atoms with van der Waals surface area (Å²) in [4.78, 5) is 22.9. The molecule has 0 saturated carbocycles. The summed E-state index contributed by atoms with van der Waals surface area (Å²) in [5, 5.41) is 5.29. The Kier molecular flexibility index (Phi) is 4.49. The zero-order chi connectivity index (χ0) is 12.1. The fourth-order valence-electron chi connectivity index (χ4n) is 1.59. The van der Waals surface area contributed by atoms with Crippen molar-refractivity contribution < 1.29 is 9.59 Å². The molecule has 2 atom stereocenters. The lowest BCUT2D eigenvalue weighted by molar-refractivity contribution is -0.127. The summed E-state index contributed by atoms with van der Waals surface area (Å²) in [7, 11) is 0. The van der Waals surface area contributed by atoms with E-state index in [4.69, 9.17) is 5.73 Å². The lowest BCUT2D eigenvalue weighted by Crippen LogP contribution is -2.41. The maximum atomic E-state index is 11.6. The Balaban J connectivity index is 2.25. The second-order valence-corrected chi connectivity index (χ2v) is 4.33. The van der Waals surface area contributed by atoms with E-state index in [1.54, 1.807) is 6.08 Å². The highest BCUT2D eigenvalue weighted by Gasteiger charge is 2.22. The summed E-state index contributed by atoms with van der Waals surface area (Å²) in [5.74, 6) is -0.500. The van der Waals surface area contributed by atoms with Gasteiger partial charge in [-0.2, -0.15) is 0 Å². The summed E-state index contributed by atoms with van der Waals surface area (Å²) in [6.45, 7) is 3.77. The van der Waals surface area contributed by atoms with Gasteiger partial charge in [0.15, 0.2) is 0 Å². The summed E-state index contributed by atoms with van der Waals surface area (Å²) in [6.07, 6.45) is 4.23. The van der Waals surface area contributed by atoms with E-state index >= 15 is 0 Å². The standard InChI is InChI=1S/C11H19N3O2/c1-7(2)14-10(15)6-13-11(16)8-3-4-9(12)5-8/h3-4,7-9H,5-6,12H2,1-2H3,(H,13,16)(H,14,15). The molecule has 16 heavy (non-hydrogen) atoms. The molecule has 0 aromatic heterocycles. The number of hydrogen-bond acceptors (Lipinski definition) is 3. The van der Waals surface area contributed by atoms with E-state index in [-0.39, 0.29) is 36.4 Å². The van der Waals surface area contributed by atoms with Gasteiger partial charge < -0.3 is 16.4 Å². The summed E-state index contributed by atoms with van der Waals surface area (Å²) >= 11 is 0. The van der Waals surface area contributed by atoms with E-state index in [0.29, 0.717) is 6.42 Å². The van der Waals surface area contributed by atoms with Gasteiger partial charge in [-0.1, -0.05) is 12.2 Å². The minimum atomic E-state index is -0.193. The summed E-state index contributed by atoms with van der Waals surface area (Å²) in [6, 6.07) is 0.0458. The highest BCUT2D eigenvalue weighted by atomic mass is 16.2. The molecule has 1 rings (SSSR count). The quantitative estimate of drug-likeness (QED) is 0.566. The average Bonchev–Trinajstić information content (AvgIpc) is 2.60. The van der Waals surface area contributed by atoms with Crippen LogP contribution < -0.4 is 16.4 Å². The predicted octanol–water partition coefficient (Wildman–Crippen LogP) is -0.469. The Hall–Kier alpha value is -1.36. The maximum absolute atomic E-state index is 11.6. The first-order valence-electron chi connectivity index (χ1n) is 5.50. The van der Waals surface area contributed by atoms with E-state index in [1.165, 1.54) is 0 Å². The fraction of sp³-hybridized carbons (Fsp3) is 0.636. The molecule has 2 amide bonds. The van der Waals surface area contributed by atoms with Crippen LogP contribution in [0.15, 0.2) is 12.2 Å². The third kappa shape index (κ3) is 4.02. The molecule has 0 radical (unpaired) electrons. The van der Waals surface area contributed by atoms with E-state index in [9.17, 15) is 9.59 Å². The molecule has 1 aliphatic carbocycles. The van der Waals surface area contributed by atoms with Crippen molar-refractivity contribution >= 4 is 11.8 Å². The van der Waals surface area contributed by atoms with Gasteiger partial charge in [-0.15, -0.1) is 0 Å². The number of carbonyl (C=O) groups excluding carboxylic acids is 2. The summed E-state index contributed by atoms with van der Waals surface area (Å²) in [5.41, 5.74) is 5.64. The highest BCUT2D eigenvalue weighted by Crippen LogP contribution is 2.15. The van der Waals surface area contributed by atoms with Crippen molar-refractivity contribution in [1.82, 2.24) is 10.6 Å². The van der Waals surface area contributed by atoms with Crippen molar-refractivity contribution in [3.63, 3.8) is 0 Å². The Morgan fingerprint density at radius 1 is 1.44 bits per heavy atom. The maximum Gasteiger partial charge on any atom is 0.239 e. The van der Waals surface area contributed by atoms with Crippen molar-refractivity contribution in [3.8, 4) is 0 Å². The van der Waals surface area contributed by atoms with Gasteiger partial charge in [-0.3, -0.25) is 9.59 Å². The Bertz CT molecular complexity index is 300. The molecule has 5 nitrogen and oxygen atoms in total. The first-order chi connectivity index (χ1) is 7.49. The number of rotatable bonds is 4. The van der Waals surface area contributed by atoms with Gasteiger partial charge in [0, 0.05) is 12.1 Å². The van der Waals surface area contributed by atoms with Gasteiger partial charge in [0.1, 0.15) is 0 Å². The van der Waals surface area contributed by atoms with E-state index in [1.807, 2.05) is 19.9 Å². The third-order valence-corrected chi connectivity index (χ3v) is 2.33. The molecule has 90 valence electrons. The molecule has 0 aromatic rings. The first kappa shape index (κ1) is 12.7. The molecule has 0 spiro atoms. The predicted molar refractivity (Wildman–Crippen MR) is 61.5 cm³/mol. The van der Waals surface area contributed by atoms with Crippen LogP contribution in [0.4, 0.5) is 0 Å². The van der Waals surface area contributed by atoms with Gasteiger partial charge in [0.25, 0.3) is 0 Å². The molecule has 0 bridgehead atoms. The van der Waals surface area contributed by atoms with Crippen molar-refractivity contribution in [2.45, 2.75) is 32.4 Å². The van der Waals surface area contributed by atoms with Crippen LogP contribution in [0.25, 0.3) is 0 Å². The van der Waals surface area contributed by atoms with Crippen molar-refractivity contribution in [2.75, 3.05) is 6.54 Å². The molecule has 4 N–H and O–H groups in total. The molecule has 0 heterocycles. The van der Waals surface area contributed by atoms with Gasteiger partial charge in [-0.05, 0) is 20.3 Å². The third-order valence-electron chi connectivity index (χ3n) is 2.33. The van der Waals surface area contributed by atoms with E-state index < -0.39 is 0 Å². The molecular formula is C11H19N3O2. The van der Waals surface area contributed by atoms with Gasteiger partial charge in [0.05, 0.1) is 12.5 Å². The smallest absolute Gasteiger partial charge is 0.239 e. The number of nitrogens with one attached hydrogen (secondary N) is 2. The SMILES string of the molecule is CC(C)NC(=O)CNC(=O)C1C=CC(N)C1. The highest BCUT2D eigenvalue weighted by molar-refractivity contribution is 5.87. The minimum absolute atomic E-state index is 0.0244. The lowest BCUT2D eigenvalue weighted by atomic mass is 10.1. The van der Waals surface area contributed by atoms with E-state index in [0.717, 1.165) is 0 Å². The first-order valence-corrected chi connectivity index (χ1v) is 5.50. The monoisotopic (exact) mass is 225 g/mol. The normalized spacial score (nSPS) is 23.5. The number of amides is 2. The van der Waals surface area contributed by atoms with Crippen LogP contribution in [-0.2, 0) is 9.59 Å². The van der Waals surface area contributed by atoms with Crippen molar-refractivity contribution in [2.24, 2.45) is 11.7 Å². The van der Waals surface area contributed by atoms with Crippen molar-refractivity contribution in [3.05, 3.63) is 12.2 Å². The molecule has 5 heteroatoms. The lowest BCUT2D eigenvalue weighted by Gasteiger charge is -2.12. The molecule has 0 fully saturated rings. The Morgan fingerprint density at radius 2 is 2.12 bits per heavy atom. The van der Waals surface area contributed by atoms with Crippen LogP contribution in [0.3, 0.4) is 0 Å². The number of nitrogens with two attached hydrogens (primary N) is 1. The second kappa shape index (κ2) is 5.65. The molecule has 2 unspecified atom stereocenters. The van der Waals surface area contributed by atoms with Crippen LogP contribution in [-0.4, -0.2) is 30.4 Å². The van der Waals surface area contributed by atoms with Gasteiger partial charge in [0.2, 0.25) is 11.8 Å². The molecule has 0 aliphatic heterocycles. The van der Waals surface area contributed by atoms with Crippen LogP contribution >= 0.6 is 0 Å². The van der Waals surface area contributed by atoms with Crippen molar-refractivity contribution in [1.29, 1.82) is 0 Å². The van der Waals surface area contributed by atoms with Crippen LogP contribution in [0, 0.1) is 5.92 Å². The molecule has 0 saturated heterocycles. The minimum Gasteiger partial charge on any atom is -0.352 e. The van der Waals surface area contributed by atoms with Gasteiger partial charge >= 0.3 is 0 Å². The summed E-state index contributed by atoms with van der Waals surface area (Å²) < 4.78 is 0. The average molecular weight is 225 g/mol. The van der Waals surface area contributed by atoms with E-state index in [2.05, 4.69) is 10.6 Å². The molecule has 1 aliphatic rings. The zero-order valence-electron chi connectivity index (χ0n) is 9.69. The van der Waals surface area contributed by atoms with Crippen LogP contribution in [0.2, 0.25) is 0 Å². The second-order valence-electron chi connectivity index (χ2n) is 4.33.